The van der Waals surface area contributed by atoms with Gasteiger partial charge in [-0.3, -0.25) is 4.79 Å². The molecule has 2 aromatic carbocycles. The van der Waals surface area contributed by atoms with Gasteiger partial charge in [0.05, 0.1) is 17.5 Å². The molecule has 2 aromatic rings. The summed E-state index contributed by atoms with van der Waals surface area (Å²) in [5.41, 5.74) is 1.95. The van der Waals surface area contributed by atoms with Gasteiger partial charge in [0.15, 0.2) is 5.78 Å². The van der Waals surface area contributed by atoms with E-state index in [1.54, 1.807) is 0 Å². The maximum absolute atomic E-state index is 12.9. The van der Waals surface area contributed by atoms with Gasteiger partial charge < -0.3 is 24.7 Å². The highest BCUT2D eigenvalue weighted by atomic mass is 16.5. The zero-order valence-corrected chi connectivity index (χ0v) is 16.2. The molecule has 0 radical (unpaired) electrons. The highest BCUT2D eigenvalue weighted by Gasteiger charge is 2.35. The van der Waals surface area contributed by atoms with Crippen LogP contribution in [0, 0.1) is 0 Å². The summed E-state index contributed by atoms with van der Waals surface area (Å²) in [5.74, 6) is -0.0979. The Bertz CT molecular complexity index is 847. The summed E-state index contributed by atoms with van der Waals surface area (Å²) in [6.45, 7) is 0.713. The van der Waals surface area contributed by atoms with Crippen LogP contribution >= 0.6 is 0 Å². The van der Waals surface area contributed by atoms with Crippen LogP contribution in [0.15, 0.2) is 30.3 Å². The summed E-state index contributed by atoms with van der Waals surface area (Å²) in [6.07, 6.45) is -0.288. The number of carbonyl (C=O) groups excluding carboxylic acids is 1. The molecule has 1 unspecified atom stereocenters. The summed E-state index contributed by atoms with van der Waals surface area (Å²) < 4.78 is 6.16. The number of hydrogen-bond donors (Lipinski definition) is 2. The number of ketones is 1. The van der Waals surface area contributed by atoms with E-state index in [-0.39, 0.29) is 35.0 Å². The van der Waals surface area contributed by atoms with E-state index in [1.165, 1.54) is 0 Å². The number of aromatic hydroxyl groups is 2. The van der Waals surface area contributed by atoms with Gasteiger partial charge in [0.2, 0.25) is 0 Å². The highest BCUT2D eigenvalue weighted by molar-refractivity contribution is 6.04. The molecule has 0 bridgehead atoms. The smallest absolute Gasteiger partial charge is 0.174 e. The number of hydrogen-bond acceptors (Lipinski definition) is 6. The molecule has 2 N–H and O–H groups in total. The predicted octanol–water partition coefficient (Wildman–Crippen LogP) is 2.93. The largest absolute Gasteiger partial charge is 0.507 e. The van der Waals surface area contributed by atoms with Crippen LogP contribution in [0.2, 0.25) is 0 Å². The van der Waals surface area contributed by atoms with Crippen LogP contribution in [0.5, 0.6) is 17.2 Å². The molecule has 0 aromatic heterocycles. The molecule has 0 amide bonds. The fourth-order valence-electron chi connectivity index (χ4n) is 3.44. The molecule has 27 heavy (non-hydrogen) atoms. The van der Waals surface area contributed by atoms with Crippen molar-refractivity contribution in [2.24, 2.45) is 0 Å². The normalized spacial score (nSPS) is 16.5. The standard InChI is InChI=1S/C21H26N2O4/c1-22(2)11-14-19(25)15(12-23(3)4)21-18(20(14)26)16(24)10-17(27-21)13-8-6-5-7-9-13/h5-9,17,25-26H,10-12H2,1-4H3. The van der Waals surface area contributed by atoms with E-state index in [4.69, 9.17) is 4.74 Å². The summed E-state index contributed by atoms with van der Waals surface area (Å²) in [6, 6.07) is 9.53. The van der Waals surface area contributed by atoms with Crippen molar-refractivity contribution < 1.29 is 19.7 Å². The second-order valence-electron chi connectivity index (χ2n) is 7.48. The number of fused-ring (bicyclic) bond motifs is 1. The van der Waals surface area contributed by atoms with E-state index >= 15 is 0 Å². The first-order valence-corrected chi connectivity index (χ1v) is 8.93. The minimum atomic E-state index is -0.439. The van der Waals surface area contributed by atoms with Crippen molar-refractivity contribution in [2.45, 2.75) is 25.6 Å². The maximum atomic E-state index is 12.9. The molecule has 0 aliphatic carbocycles. The van der Waals surface area contributed by atoms with Crippen LogP contribution in [0.25, 0.3) is 0 Å². The summed E-state index contributed by atoms with van der Waals surface area (Å²) >= 11 is 0. The molecule has 1 atom stereocenters. The van der Waals surface area contributed by atoms with Gasteiger partial charge in [0.25, 0.3) is 0 Å². The second-order valence-corrected chi connectivity index (χ2v) is 7.48. The van der Waals surface area contributed by atoms with Crippen LogP contribution in [-0.4, -0.2) is 54.0 Å². The molecule has 0 saturated heterocycles. The van der Waals surface area contributed by atoms with Crippen molar-refractivity contribution in [1.29, 1.82) is 0 Å². The van der Waals surface area contributed by atoms with Crippen molar-refractivity contribution in [2.75, 3.05) is 28.2 Å². The van der Waals surface area contributed by atoms with Crippen molar-refractivity contribution in [1.82, 2.24) is 9.80 Å². The lowest BCUT2D eigenvalue weighted by molar-refractivity contribution is 0.0839. The summed E-state index contributed by atoms with van der Waals surface area (Å²) in [5, 5.41) is 21.6. The lowest BCUT2D eigenvalue weighted by Crippen LogP contribution is -2.24. The third-order valence-electron chi connectivity index (χ3n) is 4.63. The fraction of sp³-hybridized carbons (Fsp3) is 0.381. The first-order valence-electron chi connectivity index (χ1n) is 8.93. The van der Waals surface area contributed by atoms with Gasteiger partial charge in [-0.25, -0.2) is 0 Å². The number of Topliss-reactive ketones (excluding diaryl/α,β-unsaturated/α-hetero) is 1. The Morgan fingerprint density at radius 1 is 0.963 bits per heavy atom. The molecule has 1 aliphatic heterocycles. The Labute approximate surface area is 159 Å². The van der Waals surface area contributed by atoms with Crippen molar-refractivity contribution in [3.05, 3.63) is 52.6 Å². The number of phenols is 2. The monoisotopic (exact) mass is 370 g/mol. The first kappa shape index (κ1) is 19.2. The molecule has 0 fully saturated rings. The quantitative estimate of drug-likeness (QED) is 0.843. The van der Waals surface area contributed by atoms with Gasteiger partial charge >= 0.3 is 0 Å². The van der Waals surface area contributed by atoms with E-state index in [0.29, 0.717) is 24.2 Å². The Hall–Kier alpha value is -2.57. The average molecular weight is 370 g/mol. The van der Waals surface area contributed by atoms with E-state index in [0.717, 1.165) is 5.56 Å². The molecular formula is C21H26N2O4. The molecule has 3 rings (SSSR count). The number of benzene rings is 2. The summed E-state index contributed by atoms with van der Waals surface area (Å²) in [4.78, 5) is 16.7. The third-order valence-corrected chi connectivity index (χ3v) is 4.63. The second kappa shape index (κ2) is 7.58. The van der Waals surface area contributed by atoms with Gasteiger partial charge in [-0.2, -0.15) is 0 Å². The van der Waals surface area contributed by atoms with Gasteiger partial charge in [0, 0.05) is 13.1 Å². The average Bonchev–Trinajstić information content (AvgIpc) is 2.62. The maximum Gasteiger partial charge on any atom is 0.174 e. The first-order chi connectivity index (χ1) is 12.8. The Morgan fingerprint density at radius 2 is 1.56 bits per heavy atom. The third kappa shape index (κ3) is 3.77. The van der Waals surface area contributed by atoms with E-state index in [2.05, 4.69) is 0 Å². The lowest BCUT2D eigenvalue weighted by Gasteiger charge is -2.30. The molecule has 1 aliphatic rings. The molecule has 144 valence electrons. The van der Waals surface area contributed by atoms with Crippen molar-refractivity contribution in [3.8, 4) is 17.2 Å². The molecule has 0 saturated carbocycles. The topological polar surface area (TPSA) is 73.2 Å². The highest BCUT2D eigenvalue weighted by Crippen LogP contribution is 2.48. The van der Waals surface area contributed by atoms with E-state index < -0.39 is 6.10 Å². The van der Waals surface area contributed by atoms with Gasteiger partial charge in [-0.15, -0.1) is 0 Å². The SMILES string of the molecule is CN(C)Cc1c(O)c(CN(C)C)c2c(c1O)C(=O)CC(c1ccccc1)O2. The molecule has 6 heteroatoms. The number of nitrogens with zero attached hydrogens (tertiary/aromatic N) is 2. The minimum Gasteiger partial charge on any atom is -0.507 e. The predicted molar refractivity (Wildman–Crippen MR) is 103 cm³/mol. The summed E-state index contributed by atoms with van der Waals surface area (Å²) in [7, 11) is 7.44. The van der Waals surface area contributed by atoms with Crippen molar-refractivity contribution in [3.63, 3.8) is 0 Å². The van der Waals surface area contributed by atoms with Gasteiger partial charge in [-0.1, -0.05) is 30.3 Å². The fourth-order valence-corrected chi connectivity index (χ4v) is 3.44. The van der Waals surface area contributed by atoms with Crippen LogP contribution in [0.1, 0.15) is 39.6 Å². The number of carbonyl (C=O) groups is 1. The number of rotatable bonds is 5. The zero-order valence-electron chi connectivity index (χ0n) is 16.2. The number of ether oxygens (including phenoxy) is 1. The zero-order chi connectivity index (χ0) is 19.7. The van der Waals surface area contributed by atoms with Crippen LogP contribution in [-0.2, 0) is 13.1 Å². The Balaban J connectivity index is 2.16. The molecular weight excluding hydrogens is 344 g/mol. The molecule has 1 heterocycles. The number of phenolic OH excluding ortho intramolecular Hbond substituents is 2. The van der Waals surface area contributed by atoms with Crippen LogP contribution < -0.4 is 4.74 Å². The van der Waals surface area contributed by atoms with E-state index in [9.17, 15) is 15.0 Å². The Morgan fingerprint density at radius 3 is 2.15 bits per heavy atom. The van der Waals surface area contributed by atoms with Crippen LogP contribution in [0.4, 0.5) is 0 Å². The van der Waals surface area contributed by atoms with Gasteiger partial charge in [0.1, 0.15) is 28.9 Å². The Kier molecular flexibility index (Phi) is 5.39. The molecule has 0 spiro atoms. The van der Waals surface area contributed by atoms with E-state index in [1.807, 2.05) is 68.3 Å². The minimum absolute atomic E-state index is 0.0184. The van der Waals surface area contributed by atoms with Crippen LogP contribution in [0.3, 0.4) is 0 Å². The van der Waals surface area contributed by atoms with Gasteiger partial charge in [-0.05, 0) is 33.8 Å². The van der Waals surface area contributed by atoms with Crippen molar-refractivity contribution >= 4 is 5.78 Å². The molecule has 6 nitrogen and oxygen atoms in total. The lowest BCUT2D eigenvalue weighted by atomic mass is 9.90.